The lowest BCUT2D eigenvalue weighted by molar-refractivity contribution is -0.135. The summed E-state index contributed by atoms with van der Waals surface area (Å²) >= 11 is 1.68. The predicted molar refractivity (Wildman–Crippen MR) is 105 cm³/mol. The number of nitrogens with zero attached hydrogens (tertiary/aromatic N) is 2. The van der Waals surface area contributed by atoms with E-state index in [9.17, 15) is 9.59 Å². The van der Waals surface area contributed by atoms with Crippen LogP contribution in [0, 0.1) is 6.92 Å². The van der Waals surface area contributed by atoms with Gasteiger partial charge in [0.05, 0.1) is 5.39 Å². The highest BCUT2D eigenvalue weighted by molar-refractivity contribution is 7.18. The molecule has 27 heavy (non-hydrogen) atoms. The summed E-state index contributed by atoms with van der Waals surface area (Å²) in [5, 5.41) is 15.3. The quantitative estimate of drug-likeness (QED) is 0.578. The first-order valence-electron chi connectivity index (χ1n) is 8.56. The Morgan fingerprint density at radius 3 is 2.59 bits per heavy atom. The molecule has 0 atom stereocenters. The molecule has 0 aliphatic rings. The van der Waals surface area contributed by atoms with Crippen LogP contribution in [0.5, 0.6) is 0 Å². The van der Waals surface area contributed by atoms with Crippen LogP contribution in [0.25, 0.3) is 10.2 Å². The number of carboxylic acid groups (broad SMARTS) is 1. The van der Waals surface area contributed by atoms with Crippen molar-refractivity contribution in [1.29, 1.82) is 0 Å². The summed E-state index contributed by atoms with van der Waals surface area (Å²) in [4.78, 5) is 33.6. The molecule has 0 aliphatic carbocycles. The van der Waals surface area contributed by atoms with Crippen molar-refractivity contribution in [3.63, 3.8) is 0 Å². The molecule has 0 bridgehead atoms. The van der Waals surface area contributed by atoms with Crippen LogP contribution in [-0.4, -0.2) is 33.5 Å². The van der Waals surface area contributed by atoms with Crippen LogP contribution in [0.3, 0.4) is 0 Å². The molecule has 3 N–H and O–H groups in total. The number of anilines is 1. The first-order valence-corrected chi connectivity index (χ1v) is 9.37. The van der Waals surface area contributed by atoms with Crippen molar-refractivity contribution in [1.82, 2.24) is 15.3 Å². The van der Waals surface area contributed by atoms with Crippen LogP contribution in [0.4, 0.5) is 5.82 Å². The number of carbonyl (C=O) groups is 2. The van der Waals surface area contributed by atoms with Crippen molar-refractivity contribution in [2.45, 2.75) is 26.8 Å². The number of nitrogens with one attached hydrogen (secondary N) is 2. The highest BCUT2D eigenvalue weighted by atomic mass is 32.1. The molecule has 8 heteroatoms. The van der Waals surface area contributed by atoms with Crippen LogP contribution in [-0.2, 0) is 17.8 Å². The van der Waals surface area contributed by atoms with Crippen molar-refractivity contribution in [3.8, 4) is 0 Å². The third-order valence-corrected chi connectivity index (χ3v) is 5.15. The molecule has 7 nitrogen and oxygen atoms in total. The molecule has 0 fully saturated rings. The largest absolute Gasteiger partial charge is 0.480 e. The molecular formula is C19H20N4O3S. The number of hydrogen-bond donors (Lipinski definition) is 3. The molecule has 0 radical (unpaired) electrons. The second-order valence-corrected chi connectivity index (χ2v) is 7.15. The average molecular weight is 384 g/mol. The van der Waals surface area contributed by atoms with Crippen molar-refractivity contribution in [3.05, 3.63) is 52.2 Å². The Kier molecular flexibility index (Phi) is 5.66. The Morgan fingerprint density at radius 1 is 1.19 bits per heavy atom. The van der Waals surface area contributed by atoms with Gasteiger partial charge in [-0.05, 0) is 37.1 Å². The van der Waals surface area contributed by atoms with Gasteiger partial charge < -0.3 is 15.7 Å². The number of aliphatic carboxylic acids is 1. The highest BCUT2D eigenvalue weighted by Crippen LogP contribution is 2.29. The summed E-state index contributed by atoms with van der Waals surface area (Å²) in [7, 11) is 0. The second-order valence-electron chi connectivity index (χ2n) is 6.03. The van der Waals surface area contributed by atoms with Gasteiger partial charge in [0.15, 0.2) is 0 Å². The Morgan fingerprint density at radius 2 is 1.93 bits per heavy atom. The molecular weight excluding hydrogens is 364 g/mol. The maximum atomic E-state index is 11.8. The summed E-state index contributed by atoms with van der Waals surface area (Å²) < 4.78 is 0. The maximum absolute atomic E-state index is 11.8. The molecule has 1 amide bonds. The standard InChI is InChI=1S/C19H20N4O3S/c1-3-14-8-15-17(22-11(2)23-19(15)27-14)20-9-12-4-6-13(7-5-12)18(26)21-10-16(24)25/h4-8H,3,9-10H2,1-2H3,(H,21,26)(H,24,25)(H,20,22,23). The zero-order valence-corrected chi connectivity index (χ0v) is 15.9. The molecule has 1 aromatic carbocycles. The van der Waals surface area contributed by atoms with E-state index in [1.54, 1.807) is 23.5 Å². The number of carboxylic acids is 1. The highest BCUT2D eigenvalue weighted by Gasteiger charge is 2.10. The first kappa shape index (κ1) is 18.8. The van der Waals surface area contributed by atoms with Gasteiger partial charge in [-0.2, -0.15) is 0 Å². The fourth-order valence-electron chi connectivity index (χ4n) is 2.60. The molecule has 3 rings (SSSR count). The van der Waals surface area contributed by atoms with Crippen LogP contribution in [0.2, 0.25) is 0 Å². The van der Waals surface area contributed by atoms with Gasteiger partial charge in [0.25, 0.3) is 5.91 Å². The SMILES string of the molecule is CCc1cc2c(NCc3ccc(C(=O)NCC(=O)O)cc3)nc(C)nc2s1. The minimum atomic E-state index is -1.07. The minimum absolute atomic E-state index is 0.397. The topological polar surface area (TPSA) is 104 Å². The zero-order valence-electron chi connectivity index (χ0n) is 15.1. The second kappa shape index (κ2) is 8.13. The number of aryl methyl sites for hydroxylation is 2. The third-order valence-electron chi connectivity index (χ3n) is 3.98. The number of fused-ring (bicyclic) bond motifs is 1. The lowest BCUT2D eigenvalue weighted by Crippen LogP contribution is -2.29. The van der Waals surface area contributed by atoms with E-state index in [4.69, 9.17) is 5.11 Å². The summed E-state index contributed by atoms with van der Waals surface area (Å²) in [5.41, 5.74) is 1.41. The monoisotopic (exact) mass is 384 g/mol. The van der Waals surface area contributed by atoms with E-state index in [1.165, 1.54) is 4.88 Å². The normalized spacial score (nSPS) is 10.7. The molecule has 140 valence electrons. The van der Waals surface area contributed by atoms with Gasteiger partial charge in [0.2, 0.25) is 0 Å². The predicted octanol–water partition coefficient (Wildman–Crippen LogP) is 2.99. The zero-order chi connectivity index (χ0) is 19.4. The van der Waals surface area contributed by atoms with Gasteiger partial charge >= 0.3 is 5.97 Å². The van der Waals surface area contributed by atoms with Crippen molar-refractivity contribution >= 4 is 39.2 Å². The Hall–Kier alpha value is -3.00. The Bertz CT molecular complexity index is 983. The molecule has 0 unspecified atom stereocenters. The van der Waals surface area contributed by atoms with E-state index in [0.717, 1.165) is 33.8 Å². The van der Waals surface area contributed by atoms with Gasteiger partial charge in [-0.15, -0.1) is 11.3 Å². The van der Waals surface area contributed by atoms with Crippen LogP contribution < -0.4 is 10.6 Å². The van der Waals surface area contributed by atoms with Gasteiger partial charge in [0.1, 0.15) is 23.0 Å². The molecule has 0 saturated heterocycles. The van der Waals surface area contributed by atoms with Crippen LogP contribution >= 0.6 is 11.3 Å². The summed E-state index contributed by atoms with van der Waals surface area (Å²) in [6.07, 6.45) is 0.963. The minimum Gasteiger partial charge on any atom is -0.480 e. The van der Waals surface area contributed by atoms with E-state index in [0.29, 0.717) is 12.1 Å². The summed E-state index contributed by atoms with van der Waals surface area (Å²) in [5.74, 6) is 0.0439. The van der Waals surface area contributed by atoms with Crippen molar-refractivity contribution < 1.29 is 14.7 Å². The van der Waals surface area contributed by atoms with Crippen LogP contribution in [0.1, 0.15) is 33.5 Å². The van der Waals surface area contributed by atoms with Gasteiger partial charge in [-0.3, -0.25) is 9.59 Å². The number of benzene rings is 1. The molecule has 2 heterocycles. The summed E-state index contributed by atoms with van der Waals surface area (Å²) in [6.45, 7) is 4.15. The van der Waals surface area contributed by atoms with Gasteiger partial charge in [-0.1, -0.05) is 19.1 Å². The number of carbonyl (C=O) groups excluding carboxylic acids is 1. The fourth-order valence-corrected chi connectivity index (χ4v) is 3.62. The van der Waals surface area contributed by atoms with E-state index < -0.39 is 18.4 Å². The molecule has 0 saturated carbocycles. The van der Waals surface area contributed by atoms with Crippen molar-refractivity contribution in [2.24, 2.45) is 0 Å². The number of thiophene rings is 1. The van der Waals surface area contributed by atoms with Crippen molar-refractivity contribution in [2.75, 3.05) is 11.9 Å². The van der Waals surface area contributed by atoms with E-state index in [1.807, 2.05) is 19.1 Å². The van der Waals surface area contributed by atoms with E-state index in [2.05, 4.69) is 33.6 Å². The fraction of sp³-hybridized carbons (Fsp3) is 0.263. The summed E-state index contributed by atoms with van der Waals surface area (Å²) in [6, 6.07) is 9.14. The maximum Gasteiger partial charge on any atom is 0.322 e. The lowest BCUT2D eigenvalue weighted by Gasteiger charge is -2.08. The number of aromatic nitrogens is 2. The number of amides is 1. The van der Waals surface area contributed by atoms with Crippen LogP contribution in [0.15, 0.2) is 30.3 Å². The molecule has 3 aromatic rings. The number of rotatable bonds is 7. The van der Waals surface area contributed by atoms with Gasteiger partial charge in [-0.25, -0.2) is 9.97 Å². The van der Waals surface area contributed by atoms with E-state index >= 15 is 0 Å². The Labute approximate surface area is 160 Å². The third kappa shape index (κ3) is 4.59. The molecule has 0 spiro atoms. The molecule has 0 aliphatic heterocycles. The number of hydrogen-bond acceptors (Lipinski definition) is 6. The Balaban J connectivity index is 1.70. The first-order chi connectivity index (χ1) is 13.0. The average Bonchev–Trinajstić information content (AvgIpc) is 3.07. The lowest BCUT2D eigenvalue weighted by atomic mass is 10.1. The van der Waals surface area contributed by atoms with E-state index in [-0.39, 0.29) is 0 Å². The van der Waals surface area contributed by atoms with Gasteiger partial charge in [0, 0.05) is 17.0 Å². The molecule has 2 aromatic heterocycles. The smallest absolute Gasteiger partial charge is 0.322 e.